The molecule has 4 rings (SSSR count). The van der Waals surface area contributed by atoms with Crippen LogP contribution in [-0.4, -0.2) is 76.4 Å². The Hall–Kier alpha value is -2.44. The summed E-state index contributed by atoms with van der Waals surface area (Å²) in [6, 6.07) is 6.18. The van der Waals surface area contributed by atoms with Crippen molar-refractivity contribution in [1.29, 1.82) is 0 Å². The van der Waals surface area contributed by atoms with Gasteiger partial charge in [-0.15, -0.1) is 24.0 Å². The SMILES string of the molecule is CC(C)(C)OC(=O)N1CCN2C(NCCCc3nc(-c4ccc(F)cc4)no3)=NCC2C1.I. The highest BCUT2D eigenvalue weighted by Crippen LogP contribution is 2.19. The van der Waals surface area contributed by atoms with Crippen molar-refractivity contribution in [2.75, 3.05) is 32.7 Å². The lowest BCUT2D eigenvalue weighted by atomic mass is 10.2. The molecule has 0 saturated carbocycles. The molecule has 1 amide bonds. The highest BCUT2D eigenvalue weighted by atomic mass is 127. The molecule has 1 N–H and O–H groups in total. The van der Waals surface area contributed by atoms with Gasteiger partial charge < -0.3 is 24.4 Å². The summed E-state index contributed by atoms with van der Waals surface area (Å²) < 4.78 is 23.8. The molecule has 33 heavy (non-hydrogen) atoms. The van der Waals surface area contributed by atoms with E-state index in [4.69, 9.17) is 9.26 Å². The lowest BCUT2D eigenvalue weighted by molar-refractivity contribution is 0.0137. The number of rotatable bonds is 5. The fraction of sp³-hybridized carbons (Fsp3) is 0.545. The summed E-state index contributed by atoms with van der Waals surface area (Å²) in [5.41, 5.74) is 0.224. The number of hydrogen-bond acceptors (Lipinski definition) is 8. The number of carbonyl (C=O) groups is 1. The number of ether oxygens (including phenoxy) is 1. The van der Waals surface area contributed by atoms with E-state index in [1.54, 1.807) is 17.0 Å². The number of carbonyl (C=O) groups excluding carboxylic acids is 1. The van der Waals surface area contributed by atoms with Gasteiger partial charge in [-0.25, -0.2) is 9.18 Å². The molecule has 9 nitrogen and oxygen atoms in total. The molecule has 0 aliphatic carbocycles. The van der Waals surface area contributed by atoms with Gasteiger partial charge in [0.2, 0.25) is 11.7 Å². The second-order valence-electron chi connectivity index (χ2n) is 8.99. The van der Waals surface area contributed by atoms with Crippen LogP contribution < -0.4 is 5.32 Å². The van der Waals surface area contributed by atoms with Gasteiger partial charge in [0.15, 0.2) is 5.96 Å². The third-order valence-electron chi connectivity index (χ3n) is 5.28. The van der Waals surface area contributed by atoms with Gasteiger partial charge in [-0.05, 0) is 51.5 Å². The quantitative estimate of drug-likeness (QED) is 0.434. The number of piperazine rings is 1. The third-order valence-corrected chi connectivity index (χ3v) is 5.28. The first-order valence-corrected chi connectivity index (χ1v) is 10.9. The van der Waals surface area contributed by atoms with Crippen molar-refractivity contribution >= 4 is 36.0 Å². The lowest BCUT2D eigenvalue weighted by Gasteiger charge is -2.39. The van der Waals surface area contributed by atoms with Crippen LogP contribution in [0.15, 0.2) is 33.8 Å². The topological polar surface area (TPSA) is 96.1 Å². The maximum absolute atomic E-state index is 13.1. The van der Waals surface area contributed by atoms with E-state index in [1.807, 2.05) is 20.8 Å². The zero-order chi connectivity index (χ0) is 22.7. The van der Waals surface area contributed by atoms with Gasteiger partial charge in [0.05, 0.1) is 12.6 Å². The fourth-order valence-corrected chi connectivity index (χ4v) is 3.74. The highest BCUT2D eigenvalue weighted by Gasteiger charge is 2.36. The first-order valence-electron chi connectivity index (χ1n) is 10.9. The van der Waals surface area contributed by atoms with Crippen LogP contribution in [0.1, 0.15) is 33.1 Å². The molecule has 180 valence electrons. The Morgan fingerprint density at radius 2 is 2.03 bits per heavy atom. The minimum absolute atomic E-state index is 0. The Balaban J connectivity index is 0.00000306. The number of amides is 1. The predicted molar refractivity (Wildman–Crippen MR) is 132 cm³/mol. The predicted octanol–water partition coefficient (Wildman–Crippen LogP) is 3.31. The van der Waals surface area contributed by atoms with Crippen molar-refractivity contribution in [3.63, 3.8) is 0 Å². The summed E-state index contributed by atoms with van der Waals surface area (Å²) in [5, 5.41) is 7.35. The average Bonchev–Trinajstić information content (AvgIpc) is 3.37. The first kappa shape index (κ1) is 25.2. The Morgan fingerprint density at radius 1 is 1.27 bits per heavy atom. The van der Waals surface area contributed by atoms with Crippen LogP contribution in [0.25, 0.3) is 11.4 Å². The summed E-state index contributed by atoms with van der Waals surface area (Å²) >= 11 is 0. The van der Waals surface area contributed by atoms with Gasteiger partial charge in [0, 0.05) is 38.2 Å². The zero-order valence-electron chi connectivity index (χ0n) is 19.1. The molecule has 0 radical (unpaired) electrons. The van der Waals surface area contributed by atoms with E-state index in [1.165, 1.54) is 12.1 Å². The van der Waals surface area contributed by atoms with Gasteiger partial charge in [0.25, 0.3) is 0 Å². The number of hydrogen-bond donors (Lipinski definition) is 1. The summed E-state index contributed by atoms with van der Waals surface area (Å²) in [7, 11) is 0. The van der Waals surface area contributed by atoms with Gasteiger partial charge in [-0.2, -0.15) is 4.98 Å². The smallest absolute Gasteiger partial charge is 0.410 e. The Bertz CT molecular complexity index is 975. The van der Waals surface area contributed by atoms with Crippen LogP contribution in [0.4, 0.5) is 9.18 Å². The monoisotopic (exact) mass is 572 g/mol. The lowest BCUT2D eigenvalue weighted by Crippen LogP contribution is -2.57. The van der Waals surface area contributed by atoms with Crippen LogP contribution in [0.2, 0.25) is 0 Å². The molecule has 0 bridgehead atoms. The zero-order valence-corrected chi connectivity index (χ0v) is 21.4. The van der Waals surface area contributed by atoms with Gasteiger partial charge in [-0.1, -0.05) is 5.16 Å². The molecule has 1 aromatic carbocycles. The summed E-state index contributed by atoms with van der Waals surface area (Å²) in [6.45, 7) is 8.94. The number of aromatic nitrogens is 2. The Labute approximate surface area is 209 Å². The summed E-state index contributed by atoms with van der Waals surface area (Å²) in [6.07, 6.45) is 1.16. The standard InChI is InChI=1S/C22H29FN6O3.HI/c1-22(2,3)31-21(30)28-11-12-29-17(14-28)13-25-20(29)24-10-4-5-18-26-19(27-32-18)15-6-8-16(23)9-7-15;/h6-9,17H,4-5,10-14H2,1-3H3,(H,24,25);1H. The molecule has 2 aromatic rings. The van der Waals surface area contributed by atoms with Crippen molar-refractivity contribution < 1.29 is 18.4 Å². The molecule has 2 aliphatic rings. The number of benzene rings is 1. The van der Waals surface area contributed by atoms with E-state index in [-0.39, 0.29) is 41.9 Å². The van der Waals surface area contributed by atoms with Crippen LogP contribution in [0.5, 0.6) is 0 Å². The molecule has 1 atom stereocenters. The summed E-state index contributed by atoms with van der Waals surface area (Å²) in [5.74, 6) is 1.57. The molecule has 1 saturated heterocycles. The largest absolute Gasteiger partial charge is 0.444 e. The second-order valence-corrected chi connectivity index (χ2v) is 8.99. The van der Waals surface area contributed by atoms with Crippen molar-refractivity contribution in [3.8, 4) is 11.4 Å². The van der Waals surface area contributed by atoms with E-state index in [0.29, 0.717) is 44.3 Å². The molecule has 0 spiro atoms. The molecule has 1 unspecified atom stereocenters. The Morgan fingerprint density at radius 3 is 2.76 bits per heavy atom. The molecule has 11 heteroatoms. The number of fused-ring (bicyclic) bond motifs is 1. The maximum Gasteiger partial charge on any atom is 0.410 e. The highest BCUT2D eigenvalue weighted by molar-refractivity contribution is 14.0. The van der Waals surface area contributed by atoms with E-state index in [9.17, 15) is 9.18 Å². The van der Waals surface area contributed by atoms with Crippen LogP contribution in [0.3, 0.4) is 0 Å². The van der Waals surface area contributed by atoms with Crippen LogP contribution in [-0.2, 0) is 11.2 Å². The molecule has 1 aromatic heterocycles. The van der Waals surface area contributed by atoms with E-state index >= 15 is 0 Å². The first-order chi connectivity index (χ1) is 15.3. The van der Waals surface area contributed by atoms with E-state index in [2.05, 4.69) is 25.3 Å². The van der Waals surface area contributed by atoms with Gasteiger partial charge in [0.1, 0.15) is 11.4 Å². The third kappa shape index (κ3) is 6.55. The van der Waals surface area contributed by atoms with E-state index in [0.717, 1.165) is 24.5 Å². The number of aliphatic imine (C=N–C) groups is 1. The minimum Gasteiger partial charge on any atom is -0.444 e. The summed E-state index contributed by atoms with van der Waals surface area (Å²) in [4.78, 5) is 25.3. The number of aryl methyl sites for hydroxylation is 1. The molecule has 2 aliphatic heterocycles. The van der Waals surface area contributed by atoms with Crippen molar-refractivity contribution in [3.05, 3.63) is 36.0 Å². The number of guanidine groups is 1. The Kier molecular flexibility index (Phi) is 8.14. The molecule has 1 fully saturated rings. The van der Waals surface area contributed by atoms with Gasteiger partial charge >= 0.3 is 6.09 Å². The second kappa shape index (κ2) is 10.7. The minimum atomic E-state index is -0.495. The average molecular weight is 572 g/mol. The fourth-order valence-electron chi connectivity index (χ4n) is 3.74. The molecular formula is C22H30FIN6O3. The number of nitrogens with zero attached hydrogens (tertiary/aromatic N) is 5. The molecule has 3 heterocycles. The number of nitrogens with one attached hydrogen (secondary N) is 1. The number of halogens is 2. The van der Waals surface area contributed by atoms with Crippen LogP contribution >= 0.6 is 24.0 Å². The van der Waals surface area contributed by atoms with Gasteiger partial charge in [-0.3, -0.25) is 4.99 Å². The van der Waals surface area contributed by atoms with Crippen molar-refractivity contribution in [2.45, 2.75) is 45.3 Å². The van der Waals surface area contributed by atoms with Crippen LogP contribution in [0, 0.1) is 5.82 Å². The maximum atomic E-state index is 13.1. The molecular weight excluding hydrogens is 542 g/mol. The van der Waals surface area contributed by atoms with E-state index < -0.39 is 5.60 Å². The van der Waals surface area contributed by atoms with Crippen molar-refractivity contribution in [2.24, 2.45) is 4.99 Å². The van der Waals surface area contributed by atoms with Crippen molar-refractivity contribution in [1.82, 2.24) is 25.3 Å². The normalized spacial score (nSPS) is 17.8.